The fourth-order valence-electron chi connectivity index (χ4n) is 2.87. The minimum absolute atomic E-state index is 0.254. The van der Waals surface area contributed by atoms with E-state index in [0.29, 0.717) is 6.42 Å². The van der Waals surface area contributed by atoms with E-state index in [1.807, 2.05) is 31.3 Å². The first-order valence-electron chi connectivity index (χ1n) is 6.97. The van der Waals surface area contributed by atoms with E-state index in [1.54, 1.807) is 0 Å². The molecule has 2 rings (SSSR count). The molecule has 4 heteroatoms. The highest BCUT2D eigenvalue weighted by molar-refractivity contribution is 5.74. The topological polar surface area (TPSA) is 53.4 Å². The molecule has 2 heterocycles. The van der Waals surface area contributed by atoms with Crippen molar-refractivity contribution in [2.75, 3.05) is 13.1 Å². The van der Waals surface area contributed by atoms with E-state index in [1.165, 1.54) is 0 Å². The van der Waals surface area contributed by atoms with Crippen LogP contribution in [0.2, 0.25) is 0 Å². The second-order valence-electron chi connectivity index (χ2n) is 5.41. The SMILES string of the molecule is CCC1(C(=O)O)CCN(C(C)c2ccccn2)CC1. The van der Waals surface area contributed by atoms with E-state index < -0.39 is 11.4 Å². The molecule has 1 aromatic heterocycles. The number of aliphatic carboxylic acids is 1. The van der Waals surface area contributed by atoms with Gasteiger partial charge in [-0.25, -0.2) is 0 Å². The van der Waals surface area contributed by atoms with Crippen LogP contribution in [0.15, 0.2) is 24.4 Å². The number of carboxylic acids is 1. The van der Waals surface area contributed by atoms with Gasteiger partial charge in [0, 0.05) is 12.2 Å². The van der Waals surface area contributed by atoms with Crippen LogP contribution in [-0.4, -0.2) is 34.0 Å². The molecule has 1 aliphatic rings. The lowest BCUT2D eigenvalue weighted by Crippen LogP contribution is -2.44. The van der Waals surface area contributed by atoms with Gasteiger partial charge in [-0.2, -0.15) is 0 Å². The molecule has 1 saturated heterocycles. The molecule has 0 saturated carbocycles. The summed E-state index contributed by atoms with van der Waals surface area (Å²) in [5.74, 6) is -0.639. The summed E-state index contributed by atoms with van der Waals surface area (Å²) < 4.78 is 0. The zero-order chi connectivity index (χ0) is 13.9. The van der Waals surface area contributed by atoms with E-state index in [9.17, 15) is 9.90 Å². The van der Waals surface area contributed by atoms with E-state index in [0.717, 1.165) is 31.6 Å². The molecule has 1 aromatic rings. The number of piperidine rings is 1. The zero-order valence-electron chi connectivity index (χ0n) is 11.7. The number of rotatable bonds is 4. The van der Waals surface area contributed by atoms with Crippen molar-refractivity contribution >= 4 is 5.97 Å². The van der Waals surface area contributed by atoms with Crippen molar-refractivity contribution in [3.05, 3.63) is 30.1 Å². The number of likely N-dealkylation sites (tertiary alicyclic amines) is 1. The molecule has 0 amide bonds. The highest BCUT2D eigenvalue weighted by Crippen LogP contribution is 2.37. The van der Waals surface area contributed by atoms with Crippen LogP contribution in [0, 0.1) is 5.41 Å². The van der Waals surface area contributed by atoms with Crippen LogP contribution < -0.4 is 0 Å². The summed E-state index contributed by atoms with van der Waals surface area (Å²) in [6.45, 7) is 5.78. The number of pyridine rings is 1. The van der Waals surface area contributed by atoms with Crippen molar-refractivity contribution in [2.45, 2.75) is 39.2 Å². The van der Waals surface area contributed by atoms with Gasteiger partial charge in [0.2, 0.25) is 0 Å². The highest BCUT2D eigenvalue weighted by atomic mass is 16.4. The normalized spacial score (nSPS) is 20.9. The third kappa shape index (κ3) is 2.78. The van der Waals surface area contributed by atoms with Gasteiger partial charge in [0.05, 0.1) is 11.1 Å². The van der Waals surface area contributed by atoms with Gasteiger partial charge >= 0.3 is 5.97 Å². The Morgan fingerprint density at radius 2 is 2.16 bits per heavy atom. The Bertz CT molecular complexity index is 425. The van der Waals surface area contributed by atoms with Crippen LogP contribution >= 0.6 is 0 Å². The van der Waals surface area contributed by atoms with Crippen LogP contribution in [0.25, 0.3) is 0 Å². The van der Waals surface area contributed by atoms with Gasteiger partial charge < -0.3 is 5.11 Å². The maximum atomic E-state index is 11.4. The Hall–Kier alpha value is -1.42. The lowest BCUT2D eigenvalue weighted by molar-refractivity contribution is -0.152. The van der Waals surface area contributed by atoms with Crippen LogP contribution in [0.3, 0.4) is 0 Å². The summed E-state index contributed by atoms with van der Waals surface area (Å²) >= 11 is 0. The van der Waals surface area contributed by atoms with Crippen molar-refractivity contribution in [1.82, 2.24) is 9.88 Å². The largest absolute Gasteiger partial charge is 0.481 e. The molecule has 0 radical (unpaired) electrons. The number of carboxylic acid groups (broad SMARTS) is 1. The van der Waals surface area contributed by atoms with Crippen LogP contribution in [0.5, 0.6) is 0 Å². The third-order valence-electron chi connectivity index (χ3n) is 4.55. The van der Waals surface area contributed by atoms with Gasteiger partial charge in [0.1, 0.15) is 0 Å². The van der Waals surface area contributed by atoms with Crippen molar-refractivity contribution in [1.29, 1.82) is 0 Å². The fourth-order valence-corrected chi connectivity index (χ4v) is 2.87. The summed E-state index contributed by atoms with van der Waals surface area (Å²) in [6, 6.07) is 6.20. The monoisotopic (exact) mass is 262 g/mol. The summed E-state index contributed by atoms with van der Waals surface area (Å²) in [5, 5.41) is 9.40. The molecule has 1 fully saturated rings. The average Bonchev–Trinajstić information content (AvgIpc) is 2.47. The second-order valence-corrected chi connectivity index (χ2v) is 5.41. The van der Waals surface area contributed by atoms with Gasteiger partial charge in [-0.1, -0.05) is 13.0 Å². The summed E-state index contributed by atoms with van der Waals surface area (Å²) in [7, 11) is 0. The fraction of sp³-hybridized carbons (Fsp3) is 0.600. The number of hydrogen-bond acceptors (Lipinski definition) is 3. The second kappa shape index (κ2) is 5.70. The van der Waals surface area contributed by atoms with E-state index in [2.05, 4.69) is 16.8 Å². The molecule has 19 heavy (non-hydrogen) atoms. The van der Waals surface area contributed by atoms with Gasteiger partial charge in [-0.3, -0.25) is 14.7 Å². The summed E-state index contributed by atoms with van der Waals surface area (Å²) in [4.78, 5) is 18.1. The highest BCUT2D eigenvalue weighted by Gasteiger charge is 2.40. The van der Waals surface area contributed by atoms with E-state index >= 15 is 0 Å². The maximum absolute atomic E-state index is 11.4. The quantitative estimate of drug-likeness (QED) is 0.906. The molecule has 1 atom stereocenters. The van der Waals surface area contributed by atoms with E-state index in [-0.39, 0.29) is 6.04 Å². The molecule has 0 aromatic carbocycles. The Kier molecular flexibility index (Phi) is 4.20. The van der Waals surface area contributed by atoms with Gasteiger partial charge in [0.25, 0.3) is 0 Å². The molecule has 1 aliphatic heterocycles. The summed E-state index contributed by atoms with van der Waals surface area (Å²) in [5.41, 5.74) is 0.544. The molecule has 4 nitrogen and oxygen atoms in total. The minimum Gasteiger partial charge on any atom is -0.481 e. The Balaban J connectivity index is 2.02. The van der Waals surface area contributed by atoms with Gasteiger partial charge in [-0.05, 0) is 51.4 Å². The maximum Gasteiger partial charge on any atom is 0.309 e. The predicted molar refractivity (Wildman–Crippen MR) is 73.8 cm³/mol. The first kappa shape index (κ1) is 14.0. The summed E-state index contributed by atoms with van der Waals surface area (Å²) in [6.07, 6.45) is 3.99. The molecule has 0 spiro atoms. The average molecular weight is 262 g/mol. The lowest BCUT2D eigenvalue weighted by atomic mass is 9.76. The van der Waals surface area contributed by atoms with E-state index in [4.69, 9.17) is 0 Å². The van der Waals surface area contributed by atoms with Crippen molar-refractivity contribution in [2.24, 2.45) is 5.41 Å². The Labute approximate surface area is 114 Å². The van der Waals surface area contributed by atoms with Gasteiger partial charge in [-0.15, -0.1) is 0 Å². The van der Waals surface area contributed by atoms with Crippen LogP contribution in [0.4, 0.5) is 0 Å². The molecule has 104 valence electrons. The third-order valence-corrected chi connectivity index (χ3v) is 4.55. The minimum atomic E-state index is -0.639. The number of nitrogens with zero attached hydrogens (tertiary/aromatic N) is 2. The van der Waals surface area contributed by atoms with Crippen molar-refractivity contribution < 1.29 is 9.90 Å². The number of aromatic nitrogens is 1. The molecule has 1 unspecified atom stereocenters. The van der Waals surface area contributed by atoms with Crippen molar-refractivity contribution in [3.8, 4) is 0 Å². The predicted octanol–water partition coefficient (Wildman–Crippen LogP) is 2.72. The Morgan fingerprint density at radius 3 is 2.63 bits per heavy atom. The smallest absolute Gasteiger partial charge is 0.309 e. The molecule has 1 N–H and O–H groups in total. The zero-order valence-corrected chi connectivity index (χ0v) is 11.7. The number of carbonyl (C=O) groups is 1. The lowest BCUT2D eigenvalue weighted by Gasteiger charge is -2.40. The van der Waals surface area contributed by atoms with Crippen molar-refractivity contribution in [3.63, 3.8) is 0 Å². The molecular formula is C15H22N2O2. The first-order chi connectivity index (χ1) is 9.09. The van der Waals surface area contributed by atoms with Crippen LogP contribution in [0.1, 0.15) is 44.8 Å². The van der Waals surface area contributed by atoms with Crippen LogP contribution in [-0.2, 0) is 4.79 Å². The molecule has 0 aliphatic carbocycles. The number of hydrogen-bond donors (Lipinski definition) is 1. The molecule has 0 bridgehead atoms. The Morgan fingerprint density at radius 1 is 1.47 bits per heavy atom. The first-order valence-corrected chi connectivity index (χ1v) is 6.97. The standard InChI is InChI=1S/C15H22N2O2/c1-3-15(14(18)19)7-10-17(11-8-15)12(2)13-6-4-5-9-16-13/h4-6,9,12H,3,7-8,10-11H2,1-2H3,(H,18,19). The van der Waals surface area contributed by atoms with Gasteiger partial charge in [0.15, 0.2) is 0 Å². The molecular weight excluding hydrogens is 240 g/mol.